The van der Waals surface area contributed by atoms with E-state index in [-0.39, 0.29) is 23.7 Å². The number of nitrogens with one attached hydrogen (secondary N) is 1. The highest BCUT2D eigenvalue weighted by molar-refractivity contribution is 6.27. The summed E-state index contributed by atoms with van der Waals surface area (Å²) >= 11 is 0. The van der Waals surface area contributed by atoms with E-state index in [4.69, 9.17) is 0 Å². The van der Waals surface area contributed by atoms with E-state index in [1.54, 1.807) is 25.1 Å². The van der Waals surface area contributed by atoms with Gasteiger partial charge in [-0.2, -0.15) is 0 Å². The Kier molecular flexibility index (Phi) is 3.48. The molecule has 1 N–H and O–H groups in total. The van der Waals surface area contributed by atoms with Crippen molar-refractivity contribution in [3.63, 3.8) is 0 Å². The summed E-state index contributed by atoms with van der Waals surface area (Å²) in [6, 6.07) is 6.27. The summed E-state index contributed by atoms with van der Waals surface area (Å²) in [6.07, 6.45) is 0. The van der Waals surface area contributed by atoms with E-state index in [1.165, 1.54) is 6.07 Å². The molecular formula is C16H15N3O4. The van der Waals surface area contributed by atoms with E-state index in [2.05, 4.69) is 5.32 Å². The van der Waals surface area contributed by atoms with E-state index in [0.717, 1.165) is 4.90 Å². The molecule has 0 aromatic heterocycles. The first kappa shape index (κ1) is 15.0. The molecule has 2 aromatic rings. The van der Waals surface area contributed by atoms with Gasteiger partial charge in [-0.3, -0.25) is 24.6 Å². The first-order valence-corrected chi connectivity index (χ1v) is 7.35. The van der Waals surface area contributed by atoms with Crippen LogP contribution >= 0.6 is 0 Å². The summed E-state index contributed by atoms with van der Waals surface area (Å²) in [7, 11) is 0. The average Bonchev–Trinajstić information content (AvgIpc) is 2.53. The van der Waals surface area contributed by atoms with E-state index in [0.29, 0.717) is 28.6 Å². The van der Waals surface area contributed by atoms with Gasteiger partial charge in [-0.15, -0.1) is 0 Å². The SMILES string of the molecule is CCNc1c([N+](=O)[O-])cc2c3c(cccc13)C(=O)N(CC)C2=O. The van der Waals surface area contributed by atoms with Gasteiger partial charge in [0.1, 0.15) is 5.69 Å². The van der Waals surface area contributed by atoms with E-state index >= 15 is 0 Å². The molecule has 0 fully saturated rings. The number of nitro benzene ring substituents is 1. The van der Waals surface area contributed by atoms with Gasteiger partial charge in [0, 0.05) is 35.5 Å². The second kappa shape index (κ2) is 5.35. The Morgan fingerprint density at radius 2 is 1.87 bits per heavy atom. The molecule has 118 valence electrons. The Balaban J connectivity index is 2.46. The van der Waals surface area contributed by atoms with Crippen LogP contribution in [-0.2, 0) is 0 Å². The van der Waals surface area contributed by atoms with Crippen molar-refractivity contribution in [1.82, 2.24) is 4.90 Å². The summed E-state index contributed by atoms with van der Waals surface area (Å²) in [4.78, 5) is 37.0. The van der Waals surface area contributed by atoms with E-state index in [9.17, 15) is 19.7 Å². The fourth-order valence-electron chi connectivity index (χ4n) is 2.99. The highest BCUT2D eigenvalue weighted by Gasteiger charge is 2.35. The van der Waals surface area contributed by atoms with Gasteiger partial charge in [0.25, 0.3) is 17.5 Å². The van der Waals surface area contributed by atoms with Gasteiger partial charge in [0.05, 0.1) is 10.5 Å². The maximum Gasteiger partial charge on any atom is 0.293 e. The molecule has 23 heavy (non-hydrogen) atoms. The van der Waals surface area contributed by atoms with Crippen LogP contribution < -0.4 is 5.32 Å². The number of carbonyl (C=O) groups is 2. The van der Waals surface area contributed by atoms with Crippen LogP contribution in [0.15, 0.2) is 24.3 Å². The van der Waals surface area contributed by atoms with Crippen LogP contribution in [0.1, 0.15) is 34.6 Å². The van der Waals surface area contributed by atoms with Gasteiger partial charge >= 0.3 is 0 Å². The van der Waals surface area contributed by atoms with Crippen LogP contribution in [0.3, 0.4) is 0 Å². The maximum absolute atomic E-state index is 12.6. The van der Waals surface area contributed by atoms with Crippen molar-refractivity contribution in [2.75, 3.05) is 18.4 Å². The normalized spacial score (nSPS) is 13.6. The van der Waals surface area contributed by atoms with Crippen molar-refractivity contribution in [3.8, 4) is 0 Å². The molecule has 7 nitrogen and oxygen atoms in total. The highest BCUT2D eigenvalue weighted by Crippen LogP contribution is 2.40. The van der Waals surface area contributed by atoms with Gasteiger partial charge in [0.2, 0.25) is 0 Å². The Bertz CT molecular complexity index is 860. The van der Waals surface area contributed by atoms with Crippen molar-refractivity contribution in [3.05, 3.63) is 45.5 Å². The van der Waals surface area contributed by atoms with Crippen LogP contribution in [0.4, 0.5) is 11.4 Å². The van der Waals surface area contributed by atoms with Crippen molar-refractivity contribution < 1.29 is 14.5 Å². The predicted molar refractivity (Wildman–Crippen MR) is 85.8 cm³/mol. The number of imide groups is 1. The van der Waals surface area contributed by atoms with Crippen molar-refractivity contribution in [2.45, 2.75) is 13.8 Å². The Morgan fingerprint density at radius 1 is 1.17 bits per heavy atom. The lowest BCUT2D eigenvalue weighted by molar-refractivity contribution is -0.383. The topological polar surface area (TPSA) is 92.6 Å². The largest absolute Gasteiger partial charge is 0.379 e. The minimum absolute atomic E-state index is 0.162. The van der Waals surface area contributed by atoms with Gasteiger partial charge in [-0.1, -0.05) is 12.1 Å². The molecule has 0 radical (unpaired) electrons. The van der Waals surface area contributed by atoms with Crippen LogP contribution in [0, 0.1) is 10.1 Å². The number of hydrogen-bond acceptors (Lipinski definition) is 5. The number of nitro groups is 1. The van der Waals surface area contributed by atoms with Crippen molar-refractivity contribution >= 4 is 34.0 Å². The number of anilines is 1. The molecule has 1 heterocycles. The zero-order valence-electron chi connectivity index (χ0n) is 12.8. The predicted octanol–water partition coefficient (Wildman–Crippen LogP) is 2.80. The van der Waals surface area contributed by atoms with Crippen LogP contribution in [0.2, 0.25) is 0 Å². The summed E-state index contributed by atoms with van der Waals surface area (Å²) < 4.78 is 0. The molecule has 0 spiro atoms. The molecular weight excluding hydrogens is 298 g/mol. The fraction of sp³-hybridized carbons (Fsp3) is 0.250. The fourth-order valence-corrected chi connectivity index (χ4v) is 2.99. The van der Waals surface area contributed by atoms with E-state index < -0.39 is 10.8 Å². The van der Waals surface area contributed by atoms with Crippen LogP contribution in [-0.4, -0.2) is 34.7 Å². The number of carbonyl (C=O) groups excluding carboxylic acids is 2. The number of nitrogens with zero attached hydrogens (tertiary/aromatic N) is 2. The third-order valence-corrected chi connectivity index (χ3v) is 3.96. The molecule has 0 aliphatic carbocycles. The first-order chi connectivity index (χ1) is 11.0. The van der Waals surface area contributed by atoms with Crippen molar-refractivity contribution in [1.29, 1.82) is 0 Å². The third-order valence-electron chi connectivity index (χ3n) is 3.96. The van der Waals surface area contributed by atoms with Gasteiger partial charge in [-0.05, 0) is 19.9 Å². The molecule has 7 heteroatoms. The zero-order chi connectivity index (χ0) is 16.7. The quantitative estimate of drug-likeness (QED) is 0.532. The summed E-state index contributed by atoms with van der Waals surface area (Å²) in [5.41, 5.74) is 0.771. The maximum atomic E-state index is 12.6. The molecule has 1 aliphatic heterocycles. The standard InChI is InChI=1S/C16H15N3O4/c1-3-17-14-9-6-5-7-10-13(9)11(8-12(14)19(22)23)16(21)18(4-2)15(10)20/h5-8,17H,3-4H2,1-2H3. The number of amides is 2. The number of rotatable bonds is 4. The lowest BCUT2D eigenvalue weighted by Gasteiger charge is -2.26. The second-order valence-corrected chi connectivity index (χ2v) is 5.19. The monoisotopic (exact) mass is 313 g/mol. The second-order valence-electron chi connectivity index (χ2n) is 5.19. The number of benzene rings is 2. The molecule has 0 unspecified atom stereocenters. The van der Waals surface area contributed by atoms with Crippen LogP contribution in [0.5, 0.6) is 0 Å². The molecule has 0 atom stereocenters. The van der Waals surface area contributed by atoms with Gasteiger partial charge in [0.15, 0.2) is 0 Å². The zero-order valence-corrected chi connectivity index (χ0v) is 12.8. The highest BCUT2D eigenvalue weighted by atomic mass is 16.6. The van der Waals surface area contributed by atoms with Crippen molar-refractivity contribution in [2.24, 2.45) is 0 Å². The molecule has 1 aliphatic rings. The lowest BCUT2D eigenvalue weighted by Crippen LogP contribution is -2.40. The molecule has 2 amide bonds. The number of hydrogen-bond donors (Lipinski definition) is 1. The molecule has 0 saturated heterocycles. The Hall–Kier alpha value is -2.96. The van der Waals surface area contributed by atoms with Crippen LogP contribution in [0.25, 0.3) is 10.8 Å². The molecule has 0 saturated carbocycles. The van der Waals surface area contributed by atoms with Gasteiger partial charge in [-0.25, -0.2) is 0 Å². The van der Waals surface area contributed by atoms with E-state index in [1.807, 2.05) is 6.92 Å². The Labute approximate surface area is 132 Å². The molecule has 3 rings (SSSR count). The smallest absolute Gasteiger partial charge is 0.293 e. The lowest BCUT2D eigenvalue weighted by atomic mass is 9.92. The summed E-state index contributed by atoms with van der Waals surface area (Å²) in [6.45, 7) is 4.23. The minimum Gasteiger partial charge on any atom is -0.379 e. The first-order valence-electron chi connectivity index (χ1n) is 7.35. The summed E-state index contributed by atoms with van der Waals surface area (Å²) in [5, 5.41) is 15.4. The average molecular weight is 313 g/mol. The third kappa shape index (κ3) is 2.04. The minimum atomic E-state index is -0.513. The molecule has 2 aromatic carbocycles. The summed E-state index contributed by atoms with van der Waals surface area (Å²) in [5.74, 6) is -0.862. The van der Waals surface area contributed by atoms with Gasteiger partial charge < -0.3 is 5.32 Å². The Morgan fingerprint density at radius 3 is 2.48 bits per heavy atom. The molecule has 0 bridgehead atoms.